The molecule has 1 aliphatic heterocycles. The Morgan fingerprint density at radius 2 is 1.79 bits per heavy atom. The van der Waals surface area contributed by atoms with Crippen molar-refractivity contribution in [1.82, 2.24) is 4.98 Å². The predicted molar refractivity (Wildman–Crippen MR) is 108 cm³/mol. The summed E-state index contributed by atoms with van der Waals surface area (Å²) >= 11 is 0. The molecule has 4 rings (SSSR count). The van der Waals surface area contributed by atoms with Crippen LogP contribution in [0, 0.1) is 5.82 Å². The van der Waals surface area contributed by atoms with Gasteiger partial charge in [0.25, 0.3) is 0 Å². The van der Waals surface area contributed by atoms with Crippen molar-refractivity contribution >= 4 is 17.3 Å². The van der Waals surface area contributed by atoms with Gasteiger partial charge in [-0.05, 0) is 48.5 Å². The third-order valence-electron chi connectivity index (χ3n) is 4.78. The van der Waals surface area contributed by atoms with E-state index in [0.29, 0.717) is 18.1 Å². The highest BCUT2D eigenvalue weighted by molar-refractivity contribution is 5.91. The highest BCUT2D eigenvalue weighted by Gasteiger charge is 2.12. The standard InChI is InChI=1S/C22H22FN3O3/c23-17-3-1-16(2-4-17)20-15-24-22(29-20)10-9-21(27)25-18-5-7-19(8-6-18)26-11-13-28-14-12-26/h1-8,15H,9-14H2,(H,25,27). The van der Waals surface area contributed by atoms with E-state index in [0.717, 1.165) is 43.2 Å². The maximum absolute atomic E-state index is 13.0. The van der Waals surface area contributed by atoms with Crippen molar-refractivity contribution in [3.8, 4) is 11.3 Å². The van der Waals surface area contributed by atoms with Gasteiger partial charge < -0.3 is 19.4 Å². The Hall–Kier alpha value is -3.19. The number of benzene rings is 2. The van der Waals surface area contributed by atoms with E-state index in [1.165, 1.54) is 12.1 Å². The minimum Gasteiger partial charge on any atom is -0.441 e. The molecule has 2 heterocycles. The lowest BCUT2D eigenvalue weighted by Gasteiger charge is -2.28. The first-order valence-electron chi connectivity index (χ1n) is 9.61. The zero-order valence-electron chi connectivity index (χ0n) is 15.9. The largest absolute Gasteiger partial charge is 0.441 e. The molecule has 0 bridgehead atoms. The molecule has 0 unspecified atom stereocenters. The fourth-order valence-corrected chi connectivity index (χ4v) is 3.19. The van der Waals surface area contributed by atoms with Crippen LogP contribution < -0.4 is 10.2 Å². The number of rotatable bonds is 6. The summed E-state index contributed by atoms with van der Waals surface area (Å²) in [6.07, 6.45) is 2.23. The third kappa shape index (κ3) is 5.00. The Morgan fingerprint density at radius 1 is 1.07 bits per heavy atom. The molecule has 1 saturated heterocycles. The molecule has 1 fully saturated rings. The minimum absolute atomic E-state index is 0.106. The molecular formula is C22H22FN3O3. The van der Waals surface area contributed by atoms with Gasteiger partial charge in [0.2, 0.25) is 5.91 Å². The van der Waals surface area contributed by atoms with Crippen LogP contribution in [0.4, 0.5) is 15.8 Å². The predicted octanol–water partition coefficient (Wildman–Crippen LogP) is 3.89. The van der Waals surface area contributed by atoms with Gasteiger partial charge in [-0.3, -0.25) is 4.79 Å². The van der Waals surface area contributed by atoms with Gasteiger partial charge in [0.05, 0.1) is 19.4 Å². The smallest absolute Gasteiger partial charge is 0.224 e. The van der Waals surface area contributed by atoms with E-state index >= 15 is 0 Å². The van der Waals surface area contributed by atoms with Crippen LogP contribution in [0.2, 0.25) is 0 Å². The molecular weight excluding hydrogens is 373 g/mol. The lowest BCUT2D eigenvalue weighted by atomic mass is 10.2. The van der Waals surface area contributed by atoms with Crippen molar-refractivity contribution < 1.29 is 18.3 Å². The molecule has 150 valence electrons. The van der Waals surface area contributed by atoms with Crippen LogP contribution in [0.1, 0.15) is 12.3 Å². The maximum atomic E-state index is 13.0. The fraction of sp³-hybridized carbons (Fsp3) is 0.273. The number of morpholine rings is 1. The van der Waals surface area contributed by atoms with Gasteiger partial charge in [0.1, 0.15) is 5.82 Å². The highest BCUT2D eigenvalue weighted by atomic mass is 19.1. The first kappa shape index (κ1) is 19.1. The second-order valence-electron chi connectivity index (χ2n) is 6.82. The molecule has 0 radical (unpaired) electrons. The Morgan fingerprint density at radius 3 is 2.52 bits per heavy atom. The van der Waals surface area contributed by atoms with E-state index in [1.807, 2.05) is 24.3 Å². The van der Waals surface area contributed by atoms with Crippen LogP contribution in [0.25, 0.3) is 11.3 Å². The third-order valence-corrected chi connectivity index (χ3v) is 4.78. The normalized spacial score (nSPS) is 14.0. The molecule has 0 aliphatic carbocycles. The average Bonchev–Trinajstić information content (AvgIpc) is 3.23. The quantitative estimate of drug-likeness (QED) is 0.686. The number of carbonyl (C=O) groups is 1. The monoisotopic (exact) mass is 395 g/mol. The Balaban J connectivity index is 1.28. The van der Waals surface area contributed by atoms with Crippen LogP contribution in [0.5, 0.6) is 0 Å². The summed E-state index contributed by atoms with van der Waals surface area (Å²) in [5.41, 5.74) is 2.63. The number of amides is 1. The van der Waals surface area contributed by atoms with Crippen LogP contribution in [0.3, 0.4) is 0 Å². The molecule has 1 N–H and O–H groups in total. The summed E-state index contributed by atoms with van der Waals surface area (Å²) in [5.74, 6) is 0.620. The number of hydrogen-bond acceptors (Lipinski definition) is 5. The van der Waals surface area contributed by atoms with Gasteiger partial charge in [0, 0.05) is 42.9 Å². The zero-order chi connectivity index (χ0) is 20.1. The van der Waals surface area contributed by atoms with Gasteiger partial charge >= 0.3 is 0 Å². The molecule has 1 aliphatic rings. The number of nitrogens with zero attached hydrogens (tertiary/aromatic N) is 2. The van der Waals surface area contributed by atoms with Gasteiger partial charge in [-0.15, -0.1) is 0 Å². The second-order valence-corrected chi connectivity index (χ2v) is 6.82. The number of hydrogen-bond donors (Lipinski definition) is 1. The first-order chi connectivity index (χ1) is 14.2. The van der Waals surface area contributed by atoms with E-state index in [2.05, 4.69) is 15.2 Å². The Labute approximate surface area is 168 Å². The summed E-state index contributed by atoms with van der Waals surface area (Å²) < 4.78 is 24.0. The molecule has 1 aromatic heterocycles. The summed E-state index contributed by atoms with van der Waals surface area (Å²) in [4.78, 5) is 18.7. The number of aryl methyl sites for hydroxylation is 1. The van der Waals surface area contributed by atoms with Gasteiger partial charge in [0.15, 0.2) is 11.7 Å². The molecule has 6 nitrogen and oxygen atoms in total. The fourth-order valence-electron chi connectivity index (χ4n) is 3.19. The molecule has 3 aromatic rings. The minimum atomic E-state index is -0.303. The highest BCUT2D eigenvalue weighted by Crippen LogP contribution is 2.22. The molecule has 0 atom stereocenters. The zero-order valence-corrected chi connectivity index (χ0v) is 15.9. The van der Waals surface area contributed by atoms with E-state index < -0.39 is 0 Å². The molecule has 1 amide bonds. The van der Waals surface area contributed by atoms with Crippen molar-refractivity contribution in [2.45, 2.75) is 12.8 Å². The summed E-state index contributed by atoms with van der Waals surface area (Å²) in [7, 11) is 0. The average molecular weight is 395 g/mol. The van der Waals surface area contributed by atoms with Gasteiger partial charge in [-0.25, -0.2) is 9.37 Å². The van der Waals surface area contributed by atoms with Crippen molar-refractivity contribution in [2.75, 3.05) is 36.5 Å². The lowest BCUT2D eigenvalue weighted by molar-refractivity contribution is -0.116. The van der Waals surface area contributed by atoms with Crippen LogP contribution in [-0.4, -0.2) is 37.2 Å². The summed E-state index contributed by atoms with van der Waals surface area (Å²) in [6.45, 7) is 3.23. The number of carbonyl (C=O) groups excluding carboxylic acids is 1. The van der Waals surface area contributed by atoms with E-state index in [1.54, 1.807) is 18.3 Å². The van der Waals surface area contributed by atoms with Crippen molar-refractivity contribution in [3.05, 3.63) is 66.4 Å². The van der Waals surface area contributed by atoms with E-state index in [9.17, 15) is 9.18 Å². The molecule has 0 saturated carbocycles. The number of halogens is 1. The number of oxazole rings is 1. The van der Waals surface area contributed by atoms with Gasteiger partial charge in [-0.1, -0.05) is 0 Å². The van der Waals surface area contributed by atoms with E-state index in [4.69, 9.17) is 9.15 Å². The number of anilines is 2. The van der Waals surface area contributed by atoms with Crippen molar-refractivity contribution in [2.24, 2.45) is 0 Å². The van der Waals surface area contributed by atoms with Crippen LogP contribution >= 0.6 is 0 Å². The SMILES string of the molecule is O=C(CCc1ncc(-c2ccc(F)cc2)o1)Nc1ccc(N2CCOCC2)cc1. The Kier molecular flexibility index (Phi) is 5.86. The maximum Gasteiger partial charge on any atom is 0.224 e. The topological polar surface area (TPSA) is 67.6 Å². The number of ether oxygens (including phenoxy) is 1. The number of aromatic nitrogens is 1. The van der Waals surface area contributed by atoms with Crippen molar-refractivity contribution in [1.29, 1.82) is 0 Å². The van der Waals surface area contributed by atoms with Gasteiger partial charge in [-0.2, -0.15) is 0 Å². The molecule has 0 spiro atoms. The number of nitrogens with one attached hydrogen (secondary N) is 1. The van der Waals surface area contributed by atoms with Crippen LogP contribution in [-0.2, 0) is 16.0 Å². The molecule has 29 heavy (non-hydrogen) atoms. The van der Waals surface area contributed by atoms with Crippen LogP contribution in [0.15, 0.2) is 59.1 Å². The van der Waals surface area contributed by atoms with Crippen molar-refractivity contribution in [3.63, 3.8) is 0 Å². The first-order valence-corrected chi connectivity index (χ1v) is 9.61. The van der Waals surface area contributed by atoms with E-state index in [-0.39, 0.29) is 18.1 Å². The summed E-state index contributed by atoms with van der Waals surface area (Å²) in [6, 6.07) is 13.8. The molecule has 7 heteroatoms. The Bertz CT molecular complexity index is 948. The summed E-state index contributed by atoms with van der Waals surface area (Å²) in [5, 5.41) is 2.89. The lowest BCUT2D eigenvalue weighted by Crippen LogP contribution is -2.36. The molecule has 2 aromatic carbocycles. The second kappa shape index (κ2) is 8.87.